The first kappa shape index (κ1) is 14.5. The summed E-state index contributed by atoms with van der Waals surface area (Å²) in [6, 6.07) is 10.8. The number of aromatic nitrogens is 1. The average molecular weight is 302 g/mol. The molecule has 0 bridgehead atoms. The highest BCUT2D eigenvalue weighted by atomic mass is 32.1. The highest BCUT2D eigenvalue weighted by molar-refractivity contribution is 7.15. The van der Waals surface area contributed by atoms with Gasteiger partial charge >= 0.3 is 0 Å². The molecule has 5 heteroatoms. The Morgan fingerprint density at radius 2 is 1.90 bits per heavy atom. The highest BCUT2D eigenvalue weighted by Gasteiger charge is 2.19. The summed E-state index contributed by atoms with van der Waals surface area (Å²) >= 11 is 1.72. The van der Waals surface area contributed by atoms with Crippen LogP contribution in [0.1, 0.15) is 23.4 Å². The summed E-state index contributed by atoms with van der Waals surface area (Å²) in [5.41, 5.74) is 7.30. The topological polar surface area (TPSA) is 45.4 Å². The van der Waals surface area contributed by atoms with E-state index in [1.165, 1.54) is 5.56 Å². The van der Waals surface area contributed by atoms with Crippen molar-refractivity contribution in [3.8, 4) is 0 Å². The van der Waals surface area contributed by atoms with Crippen molar-refractivity contribution < 1.29 is 0 Å². The first-order valence-corrected chi connectivity index (χ1v) is 8.26. The molecule has 2 aromatic rings. The van der Waals surface area contributed by atoms with Gasteiger partial charge in [-0.1, -0.05) is 30.3 Å². The number of rotatable bonds is 4. The van der Waals surface area contributed by atoms with Gasteiger partial charge in [0.1, 0.15) is 0 Å². The fourth-order valence-corrected chi connectivity index (χ4v) is 3.49. The lowest BCUT2D eigenvalue weighted by atomic mass is 10.2. The Hall–Kier alpha value is -1.43. The number of nitrogens with two attached hydrogens (primary N) is 1. The van der Waals surface area contributed by atoms with Gasteiger partial charge in [0.05, 0.1) is 0 Å². The van der Waals surface area contributed by atoms with Crippen molar-refractivity contribution >= 4 is 16.5 Å². The molecule has 1 aliphatic heterocycles. The van der Waals surface area contributed by atoms with E-state index in [0.717, 1.165) is 42.7 Å². The Kier molecular flexibility index (Phi) is 4.53. The van der Waals surface area contributed by atoms with Gasteiger partial charge in [-0.15, -0.1) is 11.3 Å². The van der Waals surface area contributed by atoms with Gasteiger partial charge in [-0.25, -0.2) is 4.98 Å². The van der Waals surface area contributed by atoms with Crippen LogP contribution in [-0.2, 0) is 6.54 Å². The maximum Gasteiger partial charge on any atom is 0.185 e. The van der Waals surface area contributed by atoms with E-state index < -0.39 is 0 Å². The quantitative estimate of drug-likeness (QED) is 0.942. The third kappa shape index (κ3) is 3.61. The molecule has 1 aromatic heterocycles. The third-order valence-corrected chi connectivity index (χ3v) is 5.11. The summed E-state index contributed by atoms with van der Waals surface area (Å²) in [7, 11) is 0. The van der Waals surface area contributed by atoms with Crippen LogP contribution in [0.4, 0.5) is 5.13 Å². The van der Waals surface area contributed by atoms with Crippen LogP contribution >= 0.6 is 11.3 Å². The summed E-state index contributed by atoms with van der Waals surface area (Å²) in [6.07, 6.45) is 1.92. The number of nitrogens with zero attached hydrogens (tertiary/aromatic N) is 3. The van der Waals surface area contributed by atoms with Gasteiger partial charge < -0.3 is 10.6 Å². The minimum Gasteiger partial charge on any atom is -0.346 e. The fraction of sp³-hybridized carbons (Fsp3) is 0.438. The molecule has 3 rings (SSSR count). The van der Waals surface area contributed by atoms with E-state index in [4.69, 9.17) is 5.73 Å². The highest BCUT2D eigenvalue weighted by Crippen LogP contribution is 2.26. The van der Waals surface area contributed by atoms with E-state index >= 15 is 0 Å². The van der Waals surface area contributed by atoms with Gasteiger partial charge in [-0.3, -0.25) is 4.90 Å². The van der Waals surface area contributed by atoms with Crippen molar-refractivity contribution in [2.45, 2.75) is 19.5 Å². The predicted octanol–water partition coefficient (Wildman–Crippen LogP) is 2.49. The SMILES string of the molecule is CC(N)c1cnc(N2CCN(Cc3ccccc3)CC2)s1. The number of hydrogen-bond acceptors (Lipinski definition) is 5. The molecule has 0 saturated carbocycles. The van der Waals surface area contributed by atoms with E-state index in [-0.39, 0.29) is 6.04 Å². The molecule has 4 nitrogen and oxygen atoms in total. The van der Waals surface area contributed by atoms with Gasteiger partial charge in [-0.2, -0.15) is 0 Å². The lowest BCUT2D eigenvalue weighted by Crippen LogP contribution is -2.45. The van der Waals surface area contributed by atoms with Gasteiger partial charge in [0, 0.05) is 49.8 Å². The van der Waals surface area contributed by atoms with Gasteiger partial charge in [0.15, 0.2) is 5.13 Å². The molecule has 0 radical (unpaired) electrons. The standard InChI is InChI=1S/C16H22N4S/c1-13(17)15-11-18-16(21-15)20-9-7-19(8-10-20)12-14-5-3-2-4-6-14/h2-6,11,13H,7-10,12,17H2,1H3. The van der Waals surface area contributed by atoms with Crippen LogP contribution in [0.25, 0.3) is 0 Å². The van der Waals surface area contributed by atoms with Crippen molar-refractivity contribution in [3.05, 3.63) is 47.0 Å². The smallest absolute Gasteiger partial charge is 0.185 e. The third-order valence-electron chi connectivity index (χ3n) is 3.85. The summed E-state index contributed by atoms with van der Waals surface area (Å²) in [6.45, 7) is 7.30. The Balaban J connectivity index is 1.55. The Morgan fingerprint density at radius 3 is 2.52 bits per heavy atom. The number of thiazole rings is 1. The number of benzene rings is 1. The molecule has 0 amide bonds. The molecular weight excluding hydrogens is 280 g/mol. The van der Waals surface area contributed by atoms with Crippen LogP contribution in [0.5, 0.6) is 0 Å². The van der Waals surface area contributed by atoms with Crippen molar-refractivity contribution in [2.75, 3.05) is 31.1 Å². The Morgan fingerprint density at radius 1 is 1.19 bits per heavy atom. The molecule has 1 aliphatic rings. The Labute approximate surface area is 130 Å². The number of hydrogen-bond donors (Lipinski definition) is 1. The zero-order valence-electron chi connectivity index (χ0n) is 12.4. The van der Waals surface area contributed by atoms with Crippen molar-refractivity contribution in [3.63, 3.8) is 0 Å². The lowest BCUT2D eigenvalue weighted by Gasteiger charge is -2.34. The molecule has 2 N–H and O–H groups in total. The fourth-order valence-electron chi connectivity index (χ4n) is 2.57. The largest absolute Gasteiger partial charge is 0.346 e. The first-order chi connectivity index (χ1) is 10.2. The average Bonchev–Trinajstić information content (AvgIpc) is 2.99. The van der Waals surface area contributed by atoms with Crippen molar-refractivity contribution in [1.82, 2.24) is 9.88 Å². The molecule has 21 heavy (non-hydrogen) atoms. The van der Waals surface area contributed by atoms with Gasteiger partial charge in [0.25, 0.3) is 0 Å². The molecule has 0 spiro atoms. The first-order valence-electron chi connectivity index (χ1n) is 7.45. The molecule has 1 aromatic carbocycles. The van der Waals surface area contributed by atoms with E-state index in [9.17, 15) is 0 Å². The van der Waals surface area contributed by atoms with E-state index in [2.05, 4.69) is 45.1 Å². The molecule has 1 saturated heterocycles. The minimum atomic E-state index is 0.0793. The zero-order valence-corrected chi connectivity index (χ0v) is 13.2. The monoisotopic (exact) mass is 302 g/mol. The lowest BCUT2D eigenvalue weighted by molar-refractivity contribution is 0.250. The van der Waals surface area contributed by atoms with Crippen LogP contribution in [0.15, 0.2) is 36.5 Å². The van der Waals surface area contributed by atoms with E-state index in [1.807, 2.05) is 13.1 Å². The number of piperazine rings is 1. The zero-order chi connectivity index (χ0) is 14.7. The molecule has 1 unspecified atom stereocenters. The second kappa shape index (κ2) is 6.56. The van der Waals surface area contributed by atoms with E-state index in [0.29, 0.717) is 0 Å². The molecule has 112 valence electrons. The van der Waals surface area contributed by atoms with Crippen molar-refractivity contribution in [1.29, 1.82) is 0 Å². The summed E-state index contributed by atoms with van der Waals surface area (Å²) in [4.78, 5) is 10.6. The van der Waals surface area contributed by atoms with Gasteiger partial charge in [0.2, 0.25) is 0 Å². The maximum absolute atomic E-state index is 5.91. The van der Waals surface area contributed by atoms with Crippen LogP contribution < -0.4 is 10.6 Å². The van der Waals surface area contributed by atoms with Crippen LogP contribution in [0, 0.1) is 0 Å². The maximum atomic E-state index is 5.91. The van der Waals surface area contributed by atoms with Crippen LogP contribution in [0.2, 0.25) is 0 Å². The molecule has 1 atom stereocenters. The summed E-state index contributed by atoms with van der Waals surface area (Å²) in [5, 5.41) is 1.11. The number of anilines is 1. The normalized spacial score (nSPS) is 17.9. The molecular formula is C16H22N4S. The Bertz CT molecular complexity index is 559. The summed E-state index contributed by atoms with van der Waals surface area (Å²) < 4.78 is 0. The second-order valence-electron chi connectivity index (χ2n) is 5.58. The molecule has 2 heterocycles. The predicted molar refractivity (Wildman–Crippen MR) is 88.6 cm³/mol. The van der Waals surface area contributed by atoms with Crippen LogP contribution in [-0.4, -0.2) is 36.1 Å². The minimum absolute atomic E-state index is 0.0793. The van der Waals surface area contributed by atoms with Crippen LogP contribution in [0.3, 0.4) is 0 Å². The molecule has 1 fully saturated rings. The van der Waals surface area contributed by atoms with Crippen molar-refractivity contribution in [2.24, 2.45) is 5.73 Å². The molecule has 0 aliphatic carbocycles. The van der Waals surface area contributed by atoms with Gasteiger partial charge in [-0.05, 0) is 12.5 Å². The summed E-state index contributed by atoms with van der Waals surface area (Å²) in [5.74, 6) is 0. The van der Waals surface area contributed by atoms with E-state index in [1.54, 1.807) is 11.3 Å². The second-order valence-corrected chi connectivity index (χ2v) is 6.62.